The zero-order valence-electron chi connectivity index (χ0n) is 36.8. The second kappa shape index (κ2) is 43.8. The highest BCUT2D eigenvalue weighted by atomic mass is 31.2. The second-order valence-corrected chi connectivity index (χ2v) is 17.1. The minimum Gasteiger partial charge on any atom is -0.462 e. The number of rotatable bonds is 44. The predicted molar refractivity (Wildman–Crippen MR) is 238 cm³/mol. The molecule has 0 aliphatic carbocycles. The molecule has 9 nitrogen and oxygen atoms in total. The number of ether oxygens (including phenoxy) is 2. The molecule has 0 bridgehead atoms. The Morgan fingerprint density at radius 3 is 1.39 bits per heavy atom. The second-order valence-electron chi connectivity index (χ2n) is 15.6. The SMILES string of the molecule is CCCCC/C=C\C/C=C\CCCCCCCCCCCC(=O)O[C@H](COC(=O)CCCCCCCCC/C=C\CCCCCCCC)COP(=O)(O)OCCN. The molecular formula is C47H88NO8P. The number of allylic oxidation sites excluding steroid dienone is 6. The van der Waals surface area contributed by atoms with Gasteiger partial charge in [0.2, 0.25) is 0 Å². The molecule has 334 valence electrons. The van der Waals surface area contributed by atoms with E-state index in [0.717, 1.165) is 64.2 Å². The van der Waals surface area contributed by atoms with Gasteiger partial charge in [-0.1, -0.05) is 172 Å². The van der Waals surface area contributed by atoms with Gasteiger partial charge < -0.3 is 20.1 Å². The first-order valence-electron chi connectivity index (χ1n) is 23.5. The van der Waals surface area contributed by atoms with Gasteiger partial charge in [-0.3, -0.25) is 18.6 Å². The number of nitrogens with two attached hydrogens (primary N) is 1. The lowest BCUT2D eigenvalue weighted by Crippen LogP contribution is -2.29. The van der Waals surface area contributed by atoms with Gasteiger partial charge in [0.05, 0.1) is 13.2 Å². The van der Waals surface area contributed by atoms with Crippen molar-refractivity contribution in [2.24, 2.45) is 5.73 Å². The Balaban J connectivity index is 4.11. The summed E-state index contributed by atoms with van der Waals surface area (Å²) in [5, 5.41) is 0. The average Bonchev–Trinajstić information content (AvgIpc) is 3.20. The Labute approximate surface area is 350 Å². The van der Waals surface area contributed by atoms with Gasteiger partial charge in [-0.2, -0.15) is 0 Å². The molecule has 0 aliphatic rings. The van der Waals surface area contributed by atoms with E-state index in [0.29, 0.717) is 6.42 Å². The zero-order valence-corrected chi connectivity index (χ0v) is 37.7. The molecule has 2 atom stereocenters. The number of carbonyl (C=O) groups excluding carboxylic acids is 2. The lowest BCUT2D eigenvalue weighted by atomic mass is 10.1. The van der Waals surface area contributed by atoms with Crippen LogP contribution in [0.5, 0.6) is 0 Å². The van der Waals surface area contributed by atoms with Crippen LogP contribution in [0.2, 0.25) is 0 Å². The van der Waals surface area contributed by atoms with Gasteiger partial charge in [0.1, 0.15) is 6.61 Å². The summed E-state index contributed by atoms with van der Waals surface area (Å²) in [6.45, 7) is 3.71. The maximum absolute atomic E-state index is 12.6. The van der Waals surface area contributed by atoms with E-state index in [9.17, 15) is 19.0 Å². The minimum atomic E-state index is -4.38. The molecule has 0 aromatic rings. The van der Waals surface area contributed by atoms with Gasteiger partial charge in [0, 0.05) is 19.4 Å². The molecule has 57 heavy (non-hydrogen) atoms. The first kappa shape index (κ1) is 55.2. The van der Waals surface area contributed by atoms with E-state index in [4.69, 9.17) is 24.3 Å². The van der Waals surface area contributed by atoms with Crippen molar-refractivity contribution in [1.29, 1.82) is 0 Å². The highest BCUT2D eigenvalue weighted by molar-refractivity contribution is 7.47. The fourth-order valence-corrected chi connectivity index (χ4v) is 7.25. The van der Waals surface area contributed by atoms with Crippen molar-refractivity contribution in [3.8, 4) is 0 Å². The summed E-state index contributed by atoms with van der Waals surface area (Å²) in [5.41, 5.74) is 5.36. The van der Waals surface area contributed by atoms with Crippen molar-refractivity contribution in [2.75, 3.05) is 26.4 Å². The van der Waals surface area contributed by atoms with E-state index in [1.807, 2.05) is 0 Å². The van der Waals surface area contributed by atoms with E-state index >= 15 is 0 Å². The third-order valence-electron chi connectivity index (χ3n) is 10.00. The summed E-state index contributed by atoms with van der Waals surface area (Å²) in [6.07, 6.45) is 48.8. The molecule has 3 N–H and O–H groups in total. The number of carbonyl (C=O) groups is 2. The lowest BCUT2D eigenvalue weighted by Gasteiger charge is -2.19. The fraction of sp³-hybridized carbons (Fsp3) is 0.830. The monoisotopic (exact) mass is 826 g/mol. The Kier molecular flexibility index (Phi) is 42.4. The molecule has 0 saturated heterocycles. The van der Waals surface area contributed by atoms with Crippen molar-refractivity contribution in [3.63, 3.8) is 0 Å². The molecule has 0 aromatic heterocycles. The molecule has 0 radical (unpaired) electrons. The van der Waals surface area contributed by atoms with Crippen molar-refractivity contribution in [1.82, 2.24) is 0 Å². The van der Waals surface area contributed by atoms with Gasteiger partial charge in [-0.25, -0.2) is 4.57 Å². The van der Waals surface area contributed by atoms with Crippen molar-refractivity contribution in [2.45, 2.75) is 225 Å². The number of unbranched alkanes of at least 4 members (excludes halogenated alkanes) is 25. The van der Waals surface area contributed by atoms with Crippen LogP contribution in [0.15, 0.2) is 36.5 Å². The summed E-state index contributed by atoms with van der Waals surface area (Å²) in [7, 11) is -4.38. The molecular weight excluding hydrogens is 737 g/mol. The Bertz CT molecular complexity index is 1030. The maximum Gasteiger partial charge on any atom is 0.472 e. The molecule has 1 unspecified atom stereocenters. The van der Waals surface area contributed by atoms with E-state index in [1.54, 1.807) is 0 Å². The van der Waals surface area contributed by atoms with Crippen LogP contribution in [-0.2, 0) is 32.7 Å². The van der Waals surface area contributed by atoms with Crippen molar-refractivity contribution >= 4 is 19.8 Å². The van der Waals surface area contributed by atoms with Gasteiger partial charge in [0.15, 0.2) is 6.10 Å². The molecule has 10 heteroatoms. The number of phosphoric acid groups is 1. The molecule has 0 aromatic carbocycles. The standard InChI is InChI=1S/C47H88NO8P/c1-3-5-7-9-11-13-15-17-19-21-22-24-26-28-30-32-34-36-38-40-47(50)56-45(44-55-57(51,52)54-42-41-48)43-53-46(49)39-37-35-33-31-29-27-25-23-20-18-16-14-12-10-8-6-4-2/h11,13,17-20,45H,3-10,12,14-16,21-44,48H2,1-2H3,(H,51,52)/b13-11-,19-17-,20-18-/t45-/m1/s1. The third kappa shape index (κ3) is 43.6. The molecule has 0 fully saturated rings. The largest absolute Gasteiger partial charge is 0.472 e. The Morgan fingerprint density at radius 1 is 0.526 bits per heavy atom. The predicted octanol–water partition coefficient (Wildman–Crippen LogP) is 13.7. The number of esters is 2. The molecule has 0 saturated carbocycles. The highest BCUT2D eigenvalue weighted by Gasteiger charge is 2.26. The van der Waals surface area contributed by atoms with Crippen LogP contribution >= 0.6 is 7.82 Å². The van der Waals surface area contributed by atoms with E-state index in [1.165, 1.54) is 122 Å². The van der Waals surface area contributed by atoms with Crippen molar-refractivity contribution in [3.05, 3.63) is 36.5 Å². The Hall–Kier alpha value is -1.77. The first-order chi connectivity index (χ1) is 27.8. The molecule has 0 heterocycles. The molecule has 0 aliphatic heterocycles. The quantitative estimate of drug-likeness (QED) is 0.0266. The van der Waals surface area contributed by atoms with Crippen LogP contribution in [0.3, 0.4) is 0 Å². The van der Waals surface area contributed by atoms with Crippen LogP contribution in [-0.4, -0.2) is 49.3 Å². The van der Waals surface area contributed by atoms with Gasteiger partial charge >= 0.3 is 19.8 Å². The average molecular weight is 826 g/mol. The smallest absolute Gasteiger partial charge is 0.462 e. The van der Waals surface area contributed by atoms with Crippen LogP contribution in [0.4, 0.5) is 0 Å². The van der Waals surface area contributed by atoms with Crippen LogP contribution in [0.1, 0.15) is 219 Å². The third-order valence-corrected chi connectivity index (χ3v) is 11.0. The van der Waals surface area contributed by atoms with Gasteiger partial charge in [0.25, 0.3) is 0 Å². The summed E-state index contributed by atoms with van der Waals surface area (Å²) in [6, 6.07) is 0. The lowest BCUT2D eigenvalue weighted by molar-refractivity contribution is -0.161. The molecule has 0 amide bonds. The summed E-state index contributed by atoms with van der Waals surface area (Å²) in [5.74, 6) is -0.833. The summed E-state index contributed by atoms with van der Waals surface area (Å²) < 4.78 is 32.8. The molecule has 0 rings (SSSR count). The van der Waals surface area contributed by atoms with Crippen LogP contribution < -0.4 is 5.73 Å². The van der Waals surface area contributed by atoms with Gasteiger partial charge in [-0.15, -0.1) is 0 Å². The van der Waals surface area contributed by atoms with E-state index < -0.39 is 26.5 Å². The summed E-state index contributed by atoms with van der Waals surface area (Å²) in [4.78, 5) is 35.0. The number of hydrogen-bond donors (Lipinski definition) is 2. The fourth-order valence-electron chi connectivity index (χ4n) is 6.48. The van der Waals surface area contributed by atoms with E-state index in [-0.39, 0.29) is 38.6 Å². The highest BCUT2D eigenvalue weighted by Crippen LogP contribution is 2.43. The first-order valence-corrected chi connectivity index (χ1v) is 25.0. The number of hydrogen-bond acceptors (Lipinski definition) is 8. The topological polar surface area (TPSA) is 134 Å². The van der Waals surface area contributed by atoms with Gasteiger partial charge in [-0.05, 0) is 70.6 Å². The zero-order chi connectivity index (χ0) is 41.8. The molecule has 0 spiro atoms. The van der Waals surface area contributed by atoms with E-state index in [2.05, 4.69) is 50.3 Å². The van der Waals surface area contributed by atoms with Crippen molar-refractivity contribution < 1.29 is 37.6 Å². The summed E-state index contributed by atoms with van der Waals surface area (Å²) >= 11 is 0. The number of phosphoric ester groups is 1. The minimum absolute atomic E-state index is 0.0521. The van der Waals surface area contributed by atoms with Crippen LogP contribution in [0, 0.1) is 0 Å². The van der Waals surface area contributed by atoms with Crippen LogP contribution in [0.25, 0.3) is 0 Å². The Morgan fingerprint density at radius 2 is 0.912 bits per heavy atom. The normalized spacial score (nSPS) is 13.5. The maximum atomic E-state index is 12.6.